The number of fused-ring (bicyclic) bond motifs is 1. The predicted molar refractivity (Wildman–Crippen MR) is 127 cm³/mol. The number of halogens is 2. The summed E-state index contributed by atoms with van der Waals surface area (Å²) in [5.74, 6) is 0.603. The first-order chi connectivity index (χ1) is 14.8. The molecule has 0 fully saturated rings. The van der Waals surface area contributed by atoms with Crippen molar-refractivity contribution in [1.29, 1.82) is 0 Å². The van der Waals surface area contributed by atoms with E-state index in [1.165, 1.54) is 0 Å². The lowest BCUT2D eigenvalue weighted by Crippen LogP contribution is -2.40. The van der Waals surface area contributed by atoms with E-state index < -0.39 is 0 Å². The van der Waals surface area contributed by atoms with Gasteiger partial charge in [-0.1, -0.05) is 56.1 Å². The Labute approximate surface area is 192 Å². The van der Waals surface area contributed by atoms with Crippen LogP contribution in [0.4, 0.5) is 0 Å². The van der Waals surface area contributed by atoms with Crippen LogP contribution in [-0.2, 0) is 6.54 Å². The van der Waals surface area contributed by atoms with Crippen LogP contribution in [0.5, 0.6) is 0 Å². The Morgan fingerprint density at radius 1 is 1.13 bits per heavy atom. The van der Waals surface area contributed by atoms with Crippen LogP contribution in [0.3, 0.4) is 0 Å². The van der Waals surface area contributed by atoms with Gasteiger partial charge in [-0.2, -0.15) is 0 Å². The van der Waals surface area contributed by atoms with Crippen LogP contribution >= 0.6 is 23.2 Å². The van der Waals surface area contributed by atoms with Crippen molar-refractivity contribution >= 4 is 40.0 Å². The Morgan fingerprint density at radius 3 is 2.45 bits per heavy atom. The molecule has 0 N–H and O–H groups in total. The summed E-state index contributed by atoms with van der Waals surface area (Å²) in [7, 11) is 0. The van der Waals surface area contributed by atoms with Gasteiger partial charge in [-0.15, -0.1) is 0 Å². The van der Waals surface area contributed by atoms with Gasteiger partial charge >= 0.3 is 0 Å². The third kappa shape index (κ3) is 4.78. The lowest BCUT2D eigenvalue weighted by Gasteiger charge is -2.33. The van der Waals surface area contributed by atoms with E-state index in [1.807, 2.05) is 32.0 Å². The zero-order valence-corrected chi connectivity index (χ0v) is 19.7. The first kappa shape index (κ1) is 23.3. The van der Waals surface area contributed by atoms with Gasteiger partial charge in [0, 0.05) is 18.1 Å². The number of carbonyl (C=O) groups is 1. The van der Waals surface area contributed by atoms with Gasteiger partial charge in [0.25, 0.3) is 11.5 Å². The van der Waals surface area contributed by atoms with Gasteiger partial charge in [0.2, 0.25) is 0 Å². The highest BCUT2D eigenvalue weighted by Gasteiger charge is 2.30. The third-order valence-corrected chi connectivity index (χ3v) is 5.80. The van der Waals surface area contributed by atoms with E-state index in [0.717, 1.165) is 0 Å². The van der Waals surface area contributed by atoms with Crippen molar-refractivity contribution in [1.82, 2.24) is 14.5 Å². The van der Waals surface area contributed by atoms with Crippen molar-refractivity contribution in [3.63, 3.8) is 0 Å². The summed E-state index contributed by atoms with van der Waals surface area (Å²) in [6, 6.07) is 11.8. The van der Waals surface area contributed by atoms with E-state index >= 15 is 0 Å². The molecule has 31 heavy (non-hydrogen) atoms. The zero-order valence-electron chi connectivity index (χ0n) is 18.2. The second kappa shape index (κ2) is 9.84. The van der Waals surface area contributed by atoms with Gasteiger partial charge in [0.05, 0.1) is 27.5 Å². The Morgan fingerprint density at radius 2 is 1.84 bits per heavy atom. The van der Waals surface area contributed by atoms with E-state index in [4.69, 9.17) is 28.2 Å². The number of para-hydroxylation sites is 1. The fourth-order valence-corrected chi connectivity index (χ4v) is 4.34. The molecule has 0 aliphatic heterocycles. The van der Waals surface area contributed by atoms with E-state index in [2.05, 4.69) is 13.8 Å². The third-order valence-electron chi connectivity index (χ3n) is 5.25. The summed E-state index contributed by atoms with van der Waals surface area (Å²) >= 11 is 12.4. The van der Waals surface area contributed by atoms with Crippen molar-refractivity contribution in [2.45, 2.75) is 46.7 Å². The van der Waals surface area contributed by atoms with Gasteiger partial charge in [0.15, 0.2) is 0 Å². The van der Waals surface area contributed by atoms with Crippen LogP contribution in [0, 0.1) is 5.92 Å². The van der Waals surface area contributed by atoms with Gasteiger partial charge in [-0.25, -0.2) is 4.98 Å². The average Bonchev–Trinajstić information content (AvgIpc) is 2.73. The minimum atomic E-state index is -0.376. The summed E-state index contributed by atoms with van der Waals surface area (Å²) in [4.78, 5) is 33.4. The molecule has 0 aliphatic carbocycles. The highest BCUT2D eigenvalue weighted by atomic mass is 35.5. The molecule has 0 saturated carbocycles. The largest absolute Gasteiger partial charge is 0.328 e. The van der Waals surface area contributed by atoms with Crippen molar-refractivity contribution in [3.05, 3.63) is 74.3 Å². The van der Waals surface area contributed by atoms with Crippen molar-refractivity contribution < 1.29 is 4.79 Å². The second-order valence-corrected chi connectivity index (χ2v) is 8.78. The van der Waals surface area contributed by atoms with Crippen LogP contribution in [-0.4, -0.2) is 26.9 Å². The smallest absolute Gasteiger partial charge is 0.261 e. The zero-order chi connectivity index (χ0) is 22.7. The Balaban J connectivity index is 2.18. The molecule has 3 rings (SSSR count). The van der Waals surface area contributed by atoms with Crippen LogP contribution in [0.15, 0.2) is 47.3 Å². The maximum Gasteiger partial charge on any atom is 0.261 e. The number of hydrogen-bond acceptors (Lipinski definition) is 3. The molecule has 7 heteroatoms. The molecule has 1 atom stereocenters. The molecular weight excluding hydrogens is 433 g/mol. The summed E-state index contributed by atoms with van der Waals surface area (Å²) in [5, 5.41) is 1.35. The summed E-state index contributed by atoms with van der Waals surface area (Å²) in [5.41, 5.74) is 0.923. The maximum absolute atomic E-state index is 13.6. The van der Waals surface area contributed by atoms with E-state index in [0.29, 0.717) is 51.8 Å². The van der Waals surface area contributed by atoms with E-state index in [1.54, 1.807) is 33.7 Å². The highest BCUT2D eigenvalue weighted by Crippen LogP contribution is 2.29. The lowest BCUT2D eigenvalue weighted by molar-refractivity contribution is 0.0629. The van der Waals surface area contributed by atoms with Crippen LogP contribution < -0.4 is 5.56 Å². The summed E-state index contributed by atoms with van der Waals surface area (Å²) in [6.45, 7) is 8.99. The van der Waals surface area contributed by atoms with Crippen LogP contribution in [0.2, 0.25) is 10.0 Å². The standard InChI is InChI=1S/C24H27Cl2N3O2/c1-5-21(22-27-20-10-8-7-9-18(20)24(31)28(22)6-2)29(14-15(3)4)23(30)17-12-11-16(25)13-19(17)26/h7-13,15,21H,5-6,14H2,1-4H3/t21-/m0/s1. The maximum atomic E-state index is 13.6. The molecule has 0 bridgehead atoms. The lowest BCUT2D eigenvalue weighted by atomic mass is 10.1. The number of hydrogen-bond donors (Lipinski definition) is 0. The number of amides is 1. The molecule has 0 saturated heterocycles. The quantitative estimate of drug-likeness (QED) is 0.436. The Bertz CT molecular complexity index is 1160. The van der Waals surface area contributed by atoms with Crippen LogP contribution in [0.1, 0.15) is 56.3 Å². The molecule has 0 aliphatic rings. The highest BCUT2D eigenvalue weighted by molar-refractivity contribution is 6.36. The molecule has 2 aromatic carbocycles. The average molecular weight is 460 g/mol. The fourth-order valence-electron chi connectivity index (χ4n) is 3.85. The Kier molecular flexibility index (Phi) is 7.39. The van der Waals surface area contributed by atoms with E-state index in [-0.39, 0.29) is 23.4 Å². The molecule has 164 valence electrons. The first-order valence-electron chi connectivity index (χ1n) is 10.5. The minimum Gasteiger partial charge on any atom is -0.328 e. The van der Waals surface area contributed by atoms with Gasteiger partial charge < -0.3 is 4.90 Å². The number of aromatic nitrogens is 2. The van der Waals surface area contributed by atoms with Crippen LogP contribution in [0.25, 0.3) is 10.9 Å². The molecule has 0 spiro atoms. The van der Waals surface area contributed by atoms with Gasteiger partial charge in [0.1, 0.15) is 5.82 Å². The molecular formula is C24H27Cl2N3O2. The first-order valence-corrected chi connectivity index (χ1v) is 11.3. The SMILES string of the molecule is CC[C@@H](c1nc2ccccc2c(=O)n1CC)N(CC(C)C)C(=O)c1ccc(Cl)cc1Cl. The molecule has 0 unspecified atom stereocenters. The number of carbonyl (C=O) groups excluding carboxylic acids is 1. The number of nitrogens with zero attached hydrogens (tertiary/aromatic N) is 3. The van der Waals surface area contributed by atoms with Crippen molar-refractivity contribution in [2.75, 3.05) is 6.54 Å². The Hall–Kier alpha value is -2.37. The fraction of sp³-hybridized carbons (Fsp3) is 0.375. The molecule has 1 heterocycles. The van der Waals surface area contributed by atoms with Crippen molar-refractivity contribution in [2.24, 2.45) is 5.92 Å². The molecule has 1 amide bonds. The van der Waals surface area contributed by atoms with E-state index in [9.17, 15) is 9.59 Å². The molecule has 5 nitrogen and oxygen atoms in total. The molecule has 1 aromatic heterocycles. The second-order valence-electron chi connectivity index (χ2n) is 7.94. The summed E-state index contributed by atoms with van der Waals surface area (Å²) < 4.78 is 1.67. The number of benzene rings is 2. The normalized spacial score (nSPS) is 12.4. The molecule has 3 aromatic rings. The van der Waals surface area contributed by atoms with Gasteiger partial charge in [-0.05, 0) is 49.6 Å². The monoisotopic (exact) mass is 459 g/mol. The van der Waals surface area contributed by atoms with Gasteiger partial charge in [-0.3, -0.25) is 14.2 Å². The minimum absolute atomic E-state index is 0.0944. The molecule has 0 radical (unpaired) electrons. The predicted octanol–water partition coefficient (Wildman–Crippen LogP) is 5.97. The van der Waals surface area contributed by atoms with Crippen molar-refractivity contribution in [3.8, 4) is 0 Å². The summed E-state index contributed by atoms with van der Waals surface area (Å²) in [6.07, 6.45) is 0.606. The number of rotatable bonds is 7. The topological polar surface area (TPSA) is 55.2 Å².